The van der Waals surface area contributed by atoms with Crippen LogP contribution in [-0.2, 0) is 13.0 Å². The van der Waals surface area contributed by atoms with E-state index in [0.29, 0.717) is 5.41 Å². The quantitative estimate of drug-likeness (QED) is 0.888. The third-order valence-corrected chi connectivity index (χ3v) is 4.97. The summed E-state index contributed by atoms with van der Waals surface area (Å²) in [7, 11) is 2.03. The molecule has 1 aliphatic rings. The molecule has 2 nitrogen and oxygen atoms in total. The molecule has 2 heteroatoms. The highest BCUT2D eigenvalue weighted by atomic mass is 15.1. The minimum absolute atomic E-state index is 0.469. The van der Waals surface area contributed by atoms with Crippen LogP contribution in [0.1, 0.15) is 44.7 Å². The third-order valence-electron chi connectivity index (χ3n) is 4.97. The standard InChI is InChI=1S/C19H32N2/c1-19(2,3)18-10-13-21(14-11-18)15-17-8-6-5-7-16(17)9-12-20-4/h5-8,18,20H,9-15H2,1-4H3. The Morgan fingerprint density at radius 2 is 1.71 bits per heavy atom. The highest BCUT2D eigenvalue weighted by molar-refractivity contribution is 5.27. The van der Waals surface area contributed by atoms with Gasteiger partial charge < -0.3 is 5.32 Å². The summed E-state index contributed by atoms with van der Waals surface area (Å²) < 4.78 is 0. The molecule has 0 atom stereocenters. The number of likely N-dealkylation sites (tertiary alicyclic amines) is 1. The molecule has 1 heterocycles. The van der Waals surface area contributed by atoms with Gasteiger partial charge in [0.2, 0.25) is 0 Å². The minimum atomic E-state index is 0.469. The lowest BCUT2D eigenvalue weighted by atomic mass is 9.75. The van der Waals surface area contributed by atoms with Crippen LogP contribution >= 0.6 is 0 Å². The Labute approximate surface area is 130 Å². The molecule has 2 rings (SSSR count). The molecule has 0 spiro atoms. The Morgan fingerprint density at radius 3 is 2.29 bits per heavy atom. The maximum atomic E-state index is 3.26. The van der Waals surface area contributed by atoms with Gasteiger partial charge in [0.05, 0.1) is 0 Å². The van der Waals surface area contributed by atoms with Gasteiger partial charge in [0.1, 0.15) is 0 Å². The van der Waals surface area contributed by atoms with E-state index in [-0.39, 0.29) is 0 Å². The molecule has 0 amide bonds. The van der Waals surface area contributed by atoms with Crippen molar-refractivity contribution in [3.8, 4) is 0 Å². The number of nitrogens with zero attached hydrogens (tertiary/aromatic N) is 1. The molecule has 0 aromatic heterocycles. The normalized spacial score (nSPS) is 18.1. The van der Waals surface area contributed by atoms with Gasteiger partial charge in [0.15, 0.2) is 0 Å². The van der Waals surface area contributed by atoms with Gasteiger partial charge in [0, 0.05) is 6.54 Å². The predicted molar refractivity (Wildman–Crippen MR) is 91.5 cm³/mol. The second-order valence-electron chi connectivity index (χ2n) is 7.54. The van der Waals surface area contributed by atoms with Crippen molar-refractivity contribution < 1.29 is 0 Å². The van der Waals surface area contributed by atoms with Crippen molar-refractivity contribution in [2.45, 2.75) is 46.6 Å². The van der Waals surface area contributed by atoms with Crippen molar-refractivity contribution >= 4 is 0 Å². The lowest BCUT2D eigenvalue weighted by Crippen LogP contribution is -2.37. The predicted octanol–water partition coefficient (Wildman–Crippen LogP) is 3.71. The summed E-state index contributed by atoms with van der Waals surface area (Å²) in [6.45, 7) is 11.9. The summed E-state index contributed by atoms with van der Waals surface area (Å²) in [6.07, 6.45) is 3.83. The largest absolute Gasteiger partial charge is 0.319 e. The van der Waals surface area contributed by atoms with Crippen molar-refractivity contribution in [2.75, 3.05) is 26.7 Å². The van der Waals surface area contributed by atoms with Crippen LogP contribution in [0.3, 0.4) is 0 Å². The molecule has 118 valence electrons. The number of hydrogen-bond acceptors (Lipinski definition) is 2. The maximum Gasteiger partial charge on any atom is 0.0236 e. The van der Waals surface area contributed by atoms with E-state index in [0.717, 1.165) is 25.4 Å². The van der Waals surface area contributed by atoms with Crippen LogP contribution < -0.4 is 5.32 Å². The Balaban J connectivity index is 1.91. The molecule has 1 saturated heterocycles. The molecule has 21 heavy (non-hydrogen) atoms. The summed E-state index contributed by atoms with van der Waals surface area (Å²) >= 11 is 0. The summed E-state index contributed by atoms with van der Waals surface area (Å²) in [5.41, 5.74) is 3.49. The number of nitrogens with one attached hydrogen (secondary N) is 1. The molecular formula is C19H32N2. The Morgan fingerprint density at radius 1 is 1.10 bits per heavy atom. The van der Waals surface area contributed by atoms with Gasteiger partial charge in [0.25, 0.3) is 0 Å². The lowest BCUT2D eigenvalue weighted by Gasteiger charge is -2.39. The zero-order valence-electron chi connectivity index (χ0n) is 14.3. The number of piperidine rings is 1. The molecule has 0 radical (unpaired) electrons. The summed E-state index contributed by atoms with van der Waals surface area (Å²) in [5.74, 6) is 0.883. The van der Waals surface area contributed by atoms with Gasteiger partial charge in [-0.3, -0.25) is 4.90 Å². The van der Waals surface area contributed by atoms with E-state index in [1.165, 1.54) is 37.1 Å². The van der Waals surface area contributed by atoms with Crippen LogP contribution in [0.5, 0.6) is 0 Å². The molecule has 0 saturated carbocycles. The lowest BCUT2D eigenvalue weighted by molar-refractivity contribution is 0.108. The number of likely N-dealkylation sites (N-methyl/N-ethyl adjacent to an activating group) is 1. The van der Waals surface area contributed by atoms with Gasteiger partial charge in [-0.2, -0.15) is 0 Å². The first-order chi connectivity index (χ1) is 10.0. The molecule has 1 aromatic carbocycles. The third kappa shape index (κ3) is 4.82. The highest BCUT2D eigenvalue weighted by Gasteiger charge is 2.28. The zero-order valence-corrected chi connectivity index (χ0v) is 14.3. The van der Waals surface area contributed by atoms with Crippen molar-refractivity contribution in [3.05, 3.63) is 35.4 Å². The summed E-state index contributed by atoms with van der Waals surface area (Å²) in [4.78, 5) is 2.64. The smallest absolute Gasteiger partial charge is 0.0236 e. The van der Waals surface area contributed by atoms with Gasteiger partial charge >= 0.3 is 0 Å². The fourth-order valence-corrected chi connectivity index (χ4v) is 3.41. The summed E-state index contributed by atoms with van der Waals surface area (Å²) in [6, 6.07) is 8.94. The van der Waals surface area contributed by atoms with E-state index < -0.39 is 0 Å². The minimum Gasteiger partial charge on any atom is -0.319 e. The van der Waals surface area contributed by atoms with Crippen LogP contribution in [0, 0.1) is 11.3 Å². The monoisotopic (exact) mass is 288 g/mol. The van der Waals surface area contributed by atoms with Crippen molar-refractivity contribution in [3.63, 3.8) is 0 Å². The van der Waals surface area contributed by atoms with Crippen LogP contribution in [0.15, 0.2) is 24.3 Å². The van der Waals surface area contributed by atoms with E-state index in [2.05, 4.69) is 55.3 Å². The number of rotatable bonds is 5. The first kappa shape index (κ1) is 16.5. The molecule has 0 unspecified atom stereocenters. The highest BCUT2D eigenvalue weighted by Crippen LogP contribution is 2.34. The van der Waals surface area contributed by atoms with E-state index >= 15 is 0 Å². The topological polar surface area (TPSA) is 15.3 Å². The fourth-order valence-electron chi connectivity index (χ4n) is 3.41. The van der Waals surface area contributed by atoms with Crippen molar-refractivity contribution in [1.82, 2.24) is 10.2 Å². The Kier molecular flexibility index (Phi) is 5.83. The van der Waals surface area contributed by atoms with Gasteiger partial charge in [-0.05, 0) is 68.4 Å². The average Bonchev–Trinajstić information content (AvgIpc) is 2.46. The second kappa shape index (κ2) is 7.42. The maximum absolute atomic E-state index is 3.26. The first-order valence-corrected chi connectivity index (χ1v) is 8.44. The SMILES string of the molecule is CNCCc1ccccc1CN1CCC(C(C)(C)C)CC1. The molecular weight excluding hydrogens is 256 g/mol. The van der Waals surface area contributed by atoms with Crippen molar-refractivity contribution in [1.29, 1.82) is 0 Å². The summed E-state index contributed by atoms with van der Waals surface area (Å²) in [5, 5.41) is 3.26. The molecule has 0 aliphatic carbocycles. The number of hydrogen-bond donors (Lipinski definition) is 1. The van der Waals surface area contributed by atoms with Crippen LogP contribution in [-0.4, -0.2) is 31.6 Å². The molecule has 1 aliphatic heterocycles. The van der Waals surface area contributed by atoms with Gasteiger partial charge in [-0.1, -0.05) is 45.0 Å². The Hall–Kier alpha value is -0.860. The molecule has 1 fully saturated rings. The van der Waals surface area contributed by atoms with E-state index in [1.807, 2.05) is 7.05 Å². The van der Waals surface area contributed by atoms with Crippen molar-refractivity contribution in [2.24, 2.45) is 11.3 Å². The fraction of sp³-hybridized carbons (Fsp3) is 0.684. The van der Waals surface area contributed by atoms with E-state index in [9.17, 15) is 0 Å². The van der Waals surface area contributed by atoms with Crippen LogP contribution in [0.25, 0.3) is 0 Å². The van der Waals surface area contributed by atoms with Crippen LogP contribution in [0.4, 0.5) is 0 Å². The van der Waals surface area contributed by atoms with Crippen LogP contribution in [0.2, 0.25) is 0 Å². The van der Waals surface area contributed by atoms with E-state index in [1.54, 1.807) is 0 Å². The van der Waals surface area contributed by atoms with Gasteiger partial charge in [-0.25, -0.2) is 0 Å². The average molecular weight is 288 g/mol. The number of benzene rings is 1. The Bertz CT molecular complexity index is 425. The second-order valence-corrected chi connectivity index (χ2v) is 7.54. The van der Waals surface area contributed by atoms with Gasteiger partial charge in [-0.15, -0.1) is 0 Å². The first-order valence-electron chi connectivity index (χ1n) is 8.44. The molecule has 0 bridgehead atoms. The molecule has 1 aromatic rings. The molecule has 1 N–H and O–H groups in total. The zero-order chi connectivity index (χ0) is 15.3. The van der Waals surface area contributed by atoms with E-state index in [4.69, 9.17) is 0 Å².